The lowest BCUT2D eigenvalue weighted by atomic mass is 10.2. The third-order valence-electron chi connectivity index (χ3n) is 3.81. The molecule has 1 N–H and O–H groups in total. The van der Waals surface area contributed by atoms with Crippen LogP contribution in [0.4, 0.5) is 0 Å². The van der Waals surface area contributed by atoms with Gasteiger partial charge in [-0.3, -0.25) is 0 Å². The van der Waals surface area contributed by atoms with E-state index in [1.807, 2.05) is 13.8 Å². The highest BCUT2D eigenvalue weighted by Gasteiger charge is 2.25. The molecule has 5 nitrogen and oxygen atoms in total. The van der Waals surface area contributed by atoms with E-state index in [0.29, 0.717) is 23.2 Å². The summed E-state index contributed by atoms with van der Waals surface area (Å²) in [6.07, 6.45) is 2.38. The van der Waals surface area contributed by atoms with Crippen LogP contribution in [0, 0.1) is 0 Å². The molecule has 0 aromatic heterocycles. The van der Waals surface area contributed by atoms with Gasteiger partial charge in [-0.15, -0.1) is 0 Å². The van der Waals surface area contributed by atoms with E-state index in [4.69, 9.17) is 4.74 Å². The van der Waals surface area contributed by atoms with E-state index in [1.165, 1.54) is 17.1 Å². The van der Waals surface area contributed by atoms with Crippen LogP contribution in [0.2, 0.25) is 0 Å². The van der Waals surface area contributed by atoms with Gasteiger partial charge < -0.3 is 10.1 Å². The Hall–Kier alpha value is -1.11. The average molecular weight is 312 g/mol. The molecule has 0 atom stereocenters. The van der Waals surface area contributed by atoms with Crippen molar-refractivity contribution >= 4 is 10.0 Å². The third kappa shape index (κ3) is 3.75. The molecule has 1 aromatic carbocycles. The lowest BCUT2D eigenvalue weighted by molar-refractivity contribution is 0.404. The molecule has 118 valence electrons. The highest BCUT2D eigenvalue weighted by Crippen LogP contribution is 2.26. The van der Waals surface area contributed by atoms with Crippen LogP contribution in [0.3, 0.4) is 0 Å². The number of hydrogen-bond acceptors (Lipinski definition) is 4. The van der Waals surface area contributed by atoms with Crippen LogP contribution in [0.25, 0.3) is 0 Å². The molecular formula is C15H24N2O3S. The first-order valence-electron chi connectivity index (χ1n) is 7.24. The van der Waals surface area contributed by atoms with Gasteiger partial charge in [0.15, 0.2) is 0 Å². The van der Waals surface area contributed by atoms with Crippen LogP contribution >= 0.6 is 0 Å². The summed E-state index contributed by atoms with van der Waals surface area (Å²) in [6, 6.07) is 5.53. The zero-order chi connectivity index (χ0) is 15.6. The minimum Gasteiger partial charge on any atom is -0.496 e. The molecule has 21 heavy (non-hydrogen) atoms. The molecule has 0 heterocycles. The molecule has 1 aliphatic rings. The van der Waals surface area contributed by atoms with Gasteiger partial charge >= 0.3 is 0 Å². The lowest BCUT2D eigenvalue weighted by Crippen LogP contribution is -2.33. The predicted molar refractivity (Wildman–Crippen MR) is 82.9 cm³/mol. The van der Waals surface area contributed by atoms with Crippen LogP contribution in [-0.2, 0) is 16.6 Å². The molecule has 0 unspecified atom stereocenters. The number of benzene rings is 1. The number of nitrogens with one attached hydrogen (secondary N) is 1. The van der Waals surface area contributed by atoms with Crippen molar-refractivity contribution < 1.29 is 13.2 Å². The molecule has 0 aliphatic heterocycles. The van der Waals surface area contributed by atoms with Crippen molar-refractivity contribution in [2.45, 2.75) is 50.2 Å². The standard InChI is InChI=1S/C15H24N2O3S/c1-11(2)17(3)21(18,19)14-7-8-15(20-4)12(9-14)10-16-13-5-6-13/h7-9,11,13,16H,5-6,10H2,1-4H3. The largest absolute Gasteiger partial charge is 0.496 e. The number of hydrogen-bond donors (Lipinski definition) is 1. The summed E-state index contributed by atoms with van der Waals surface area (Å²) in [6.45, 7) is 4.34. The molecule has 2 rings (SSSR count). The number of rotatable bonds is 7. The second-order valence-corrected chi connectivity index (χ2v) is 7.74. The first-order valence-corrected chi connectivity index (χ1v) is 8.68. The Morgan fingerprint density at radius 3 is 2.57 bits per heavy atom. The fraction of sp³-hybridized carbons (Fsp3) is 0.600. The summed E-state index contributed by atoms with van der Waals surface area (Å²) >= 11 is 0. The predicted octanol–water partition coefficient (Wildman–Crippen LogP) is 1.98. The Bertz CT molecular complexity index is 595. The quantitative estimate of drug-likeness (QED) is 0.836. The molecule has 0 saturated heterocycles. The fourth-order valence-electron chi connectivity index (χ4n) is 2.04. The second-order valence-electron chi connectivity index (χ2n) is 5.74. The van der Waals surface area contributed by atoms with Gasteiger partial charge in [0.1, 0.15) is 5.75 Å². The molecule has 1 saturated carbocycles. The van der Waals surface area contributed by atoms with Gasteiger partial charge in [0.05, 0.1) is 12.0 Å². The SMILES string of the molecule is COc1ccc(S(=O)(=O)N(C)C(C)C)cc1CNC1CC1. The smallest absolute Gasteiger partial charge is 0.243 e. The monoisotopic (exact) mass is 312 g/mol. The molecule has 0 amide bonds. The van der Waals surface area contributed by atoms with Crippen LogP contribution < -0.4 is 10.1 Å². The Morgan fingerprint density at radius 1 is 1.38 bits per heavy atom. The normalized spacial score (nSPS) is 15.7. The third-order valence-corrected chi connectivity index (χ3v) is 5.84. The van der Waals surface area contributed by atoms with Crippen molar-refractivity contribution in [3.05, 3.63) is 23.8 Å². The van der Waals surface area contributed by atoms with Crippen LogP contribution in [0.15, 0.2) is 23.1 Å². The number of ether oxygens (including phenoxy) is 1. The van der Waals surface area contributed by atoms with Crippen molar-refractivity contribution in [3.8, 4) is 5.75 Å². The van der Waals surface area contributed by atoms with E-state index in [-0.39, 0.29) is 6.04 Å². The van der Waals surface area contributed by atoms with Crippen molar-refractivity contribution in [1.29, 1.82) is 0 Å². The Balaban J connectivity index is 2.29. The van der Waals surface area contributed by atoms with Crippen LogP contribution in [0.5, 0.6) is 5.75 Å². The van der Waals surface area contributed by atoms with E-state index >= 15 is 0 Å². The summed E-state index contributed by atoms with van der Waals surface area (Å²) in [5, 5.41) is 3.39. The van der Waals surface area contributed by atoms with Gasteiger partial charge in [0, 0.05) is 31.2 Å². The molecule has 6 heteroatoms. The molecular weight excluding hydrogens is 288 g/mol. The first kappa shape index (κ1) is 16.3. The number of sulfonamides is 1. The summed E-state index contributed by atoms with van der Waals surface area (Å²) < 4.78 is 31.8. The Morgan fingerprint density at radius 2 is 2.05 bits per heavy atom. The fourth-order valence-corrected chi connectivity index (χ4v) is 3.46. The molecule has 1 aromatic rings. The highest BCUT2D eigenvalue weighted by molar-refractivity contribution is 7.89. The van der Waals surface area contributed by atoms with Gasteiger partial charge in [-0.05, 0) is 44.9 Å². The van der Waals surface area contributed by atoms with E-state index in [9.17, 15) is 8.42 Å². The summed E-state index contributed by atoms with van der Waals surface area (Å²) in [5.41, 5.74) is 0.877. The summed E-state index contributed by atoms with van der Waals surface area (Å²) in [4.78, 5) is 0.312. The van der Waals surface area contributed by atoms with Crippen LogP contribution in [0.1, 0.15) is 32.3 Å². The van der Waals surface area contributed by atoms with Crippen LogP contribution in [-0.4, -0.2) is 39.0 Å². The van der Waals surface area contributed by atoms with E-state index < -0.39 is 10.0 Å². The second kappa shape index (κ2) is 6.34. The maximum absolute atomic E-state index is 12.5. The van der Waals surface area contributed by atoms with E-state index in [2.05, 4.69) is 5.32 Å². The molecule has 0 spiro atoms. The lowest BCUT2D eigenvalue weighted by Gasteiger charge is -2.21. The maximum atomic E-state index is 12.5. The molecule has 0 bridgehead atoms. The first-order chi connectivity index (χ1) is 9.86. The zero-order valence-electron chi connectivity index (χ0n) is 13.1. The molecule has 1 fully saturated rings. The van der Waals surface area contributed by atoms with Gasteiger partial charge in [-0.2, -0.15) is 4.31 Å². The zero-order valence-corrected chi connectivity index (χ0v) is 13.9. The minimum absolute atomic E-state index is 0.0786. The number of methoxy groups -OCH3 is 1. The highest BCUT2D eigenvalue weighted by atomic mass is 32.2. The molecule has 1 aliphatic carbocycles. The minimum atomic E-state index is -3.46. The van der Waals surface area contributed by atoms with E-state index in [1.54, 1.807) is 32.4 Å². The molecule has 0 radical (unpaired) electrons. The Labute approximate surface area is 127 Å². The summed E-state index contributed by atoms with van der Waals surface area (Å²) in [7, 11) is -0.254. The maximum Gasteiger partial charge on any atom is 0.243 e. The van der Waals surface area contributed by atoms with Gasteiger partial charge in [-0.1, -0.05) is 0 Å². The van der Waals surface area contributed by atoms with Crippen molar-refractivity contribution in [3.63, 3.8) is 0 Å². The van der Waals surface area contributed by atoms with E-state index in [0.717, 1.165) is 5.56 Å². The van der Waals surface area contributed by atoms with Crippen molar-refractivity contribution in [1.82, 2.24) is 9.62 Å². The van der Waals surface area contributed by atoms with Gasteiger partial charge in [0.25, 0.3) is 0 Å². The number of nitrogens with zero attached hydrogens (tertiary/aromatic N) is 1. The Kier molecular flexibility index (Phi) is 4.91. The van der Waals surface area contributed by atoms with Gasteiger partial charge in [-0.25, -0.2) is 8.42 Å². The van der Waals surface area contributed by atoms with Crippen molar-refractivity contribution in [2.75, 3.05) is 14.2 Å². The topological polar surface area (TPSA) is 58.6 Å². The average Bonchev–Trinajstić information content (AvgIpc) is 3.27. The summed E-state index contributed by atoms with van der Waals surface area (Å²) in [5.74, 6) is 0.717. The van der Waals surface area contributed by atoms with Gasteiger partial charge in [0.2, 0.25) is 10.0 Å². The van der Waals surface area contributed by atoms with Crippen molar-refractivity contribution in [2.24, 2.45) is 0 Å².